The second kappa shape index (κ2) is 12.6. The Balaban J connectivity index is 1.53. The summed E-state index contributed by atoms with van der Waals surface area (Å²) in [4.78, 5) is 58.5. The molecule has 4 amide bonds. The fraction of sp³-hybridized carbons (Fsp3) is 0.484. The normalized spacial score (nSPS) is 22.2. The van der Waals surface area contributed by atoms with Crippen LogP contribution in [0.25, 0.3) is 10.9 Å². The number of hydrogen-bond acceptors (Lipinski definition) is 8. The van der Waals surface area contributed by atoms with Crippen LogP contribution in [0.2, 0.25) is 0 Å². The summed E-state index contributed by atoms with van der Waals surface area (Å²) < 4.78 is 53.7. The van der Waals surface area contributed by atoms with E-state index in [-0.39, 0.29) is 46.9 Å². The maximum Gasteiger partial charge on any atom is 0.425 e. The molecular formula is C31H38N6O7. The maximum absolute atomic E-state index is 13.8. The van der Waals surface area contributed by atoms with E-state index in [2.05, 4.69) is 15.4 Å². The van der Waals surface area contributed by atoms with Crippen molar-refractivity contribution in [2.45, 2.75) is 77.7 Å². The highest BCUT2D eigenvalue weighted by molar-refractivity contribution is 6.40. The zero-order valence-corrected chi connectivity index (χ0v) is 25.0. The minimum atomic E-state index is -1.67. The number of fused-ring (bicyclic) bond motifs is 1. The molecule has 2 fully saturated rings. The van der Waals surface area contributed by atoms with E-state index in [1.165, 1.54) is 15.8 Å². The number of nitrogens with one attached hydrogen (secondary N) is 1. The van der Waals surface area contributed by atoms with Crippen LogP contribution in [0.1, 0.15) is 84.5 Å². The number of carbonyl (C=O) groups excluding carboxylic acids is 3. The van der Waals surface area contributed by atoms with Gasteiger partial charge in [0.05, 0.1) is 30.2 Å². The molecule has 0 saturated carbocycles. The number of rotatable bonds is 4. The van der Waals surface area contributed by atoms with E-state index in [1.807, 2.05) is 6.92 Å². The van der Waals surface area contributed by atoms with Crippen LogP contribution in [0.15, 0.2) is 42.6 Å². The lowest BCUT2D eigenvalue weighted by atomic mass is 9.90. The molecule has 13 heteroatoms. The van der Waals surface area contributed by atoms with E-state index in [0.29, 0.717) is 24.3 Å². The molecule has 2 aliphatic rings. The molecule has 5 rings (SSSR count). The topological polar surface area (TPSA) is 156 Å². The number of carboxylic acid groups (broad SMARTS) is 1. The molecule has 0 bridgehead atoms. The van der Waals surface area contributed by atoms with Crippen molar-refractivity contribution in [2.75, 3.05) is 23.4 Å². The number of likely N-dealkylation sites (tertiary alicyclic amines) is 1. The Bertz CT molecular complexity index is 1800. The molecule has 13 nitrogen and oxygen atoms in total. The number of nitrogens with zero attached hydrogens (tertiary/aromatic N) is 5. The summed E-state index contributed by atoms with van der Waals surface area (Å²) in [7, 11) is 0. The summed E-state index contributed by atoms with van der Waals surface area (Å²) in [6, 6.07) is -3.52. The smallest absolute Gasteiger partial charge is 0.425 e. The first-order valence-electron chi connectivity index (χ1n) is 16.9. The van der Waals surface area contributed by atoms with Crippen LogP contribution in [-0.4, -0.2) is 67.5 Å². The zero-order valence-electron chi connectivity index (χ0n) is 30.0. The van der Waals surface area contributed by atoms with E-state index >= 15 is 0 Å². The van der Waals surface area contributed by atoms with Crippen molar-refractivity contribution in [3.8, 4) is 0 Å². The van der Waals surface area contributed by atoms with E-state index in [4.69, 9.17) is 16.3 Å². The van der Waals surface area contributed by atoms with Gasteiger partial charge in [-0.25, -0.2) is 19.3 Å². The van der Waals surface area contributed by atoms with Gasteiger partial charge < -0.3 is 24.8 Å². The summed E-state index contributed by atoms with van der Waals surface area (Å²) in [6.45, 7) is 7.16. The molecule has 3 aromatic rings. The van der Waals surface area contributed by atoms with Gasteiger partial charge in [0.15, 0.2) is 5.82 Å². The van der Waals surface area contributed by atoms with Crippen molar-refractivity contribution in [1.29, 1.82) is 0 Å². The molecule has 2 N–H and O–H groups in total. The van der Waals surface area contributed by atoms with Crippen LogP contribution in [0.3, 0.4) is 0 Å². The summed E-state index contributed by atoms with van der Waals surface area (Å²) in [5.41, 5.74) is -1.15. The Morgan fingerprint density at radius 1 is 1.14 bits per heavy atom. The van der Waals surface area contributed by atoms with Gasteiger partial charge in [-0.05, 0) is 64.4 Å². The van der Waals surface area contributed by atoms with Gasteiger partial charge in [0.25, 0.3) is 0 Å². The summed E-state index contributed by atoms with van der Waals surface area (Å²) >= 11 is 0. The van der Waals surface area contributed by atoms with Crippen LogP contribution >= 0.6 is 0 Å². The number of anilines is 2. The van der Waals surface area contributed by atoms with Crippen molar-refractivity contribution < 1.29 is 40.6 Å². The molecule has 0 radical (unpaired) electrons. The van der Waals surface area contributed by atoms with Crippen LogP contribution in [0.4, 0.5) is 21.1 Å². The third-order valence-electron chi connectivity index (χ3n) is 7.35. The molecule has 2 saturated heterocycles. The van der Waals surface area contributed by atoms with Gasteiger partial charge in [0.2, 0.25) is 0 Å². The van der Waals surface area contributed by atoms with Crippen molar-refractivity contribution >= 4 is 46.4 Å². The fourth-order valence-electron chi connectivity index (χ4n) is 5.33. The number of ether oxygens (including phenoxy) is 2. The van der Waals surface area contributed by atoms with Gasteiger partial charge in [-0.3, -0.25) is 9.59 Å². The SMILES string of the molecule is [2H]c1c([2H])c([2H])c(C2CC[C@H](C)CN2C(=O)C(=O)Nc2cnc(N(C(=O)O)C(=O)OC(C)(C)C)c3cn(C4CCCCO4)nc23)c([2H])c1[2H]. The first-order chi connectivity index (χ1) is 23.0. The summed E-state index contributed by atoms with van der Waals surface area (Å²) in [5.74, 6) is -2.52. The number of carbonyl (C=O) groups is 4. The Morgan fingerprint density at radius 3 is 2.55 bits per heavy atom. The Hall–Kier alpha value is -4.52. The van der Waals surface area contributed by atoms with Gasteiger partial charge in [0, 0.05) is 19.3 Å². The predicted molar refractivity (Wildman–Crippen MR) is 161 cm³/mol. The Morgan fingerprint density at radius 2 is 1.89 bits per heavy atom. The van der Waals surface area contributed by atoms with Crippen molar-refractivity contribution in [2.24, 2.45) is 5.92 Å². The number of benzene rings is 1. The molecule has 0 spiro atoms. The molecule has 0 aliphatic carbocycles. The standard InChI is InChI=1S/C31H38N6O7/c1-19-13-14-23(20-10-6-5-7-11-20)35(17-19)28(39)27(38)33-22-16-32-26(37(29(40)41)30(42)44-31(2,3)4)21-18-36(34-25(21)22)24-12-8-9-15-43-24/h5-7,10-11,16,18-19,23-24H,8-9,12-15,17H2,1-4H3,(H,33,38)(H,40,41)/t19-,23?,24?/m0/s1/i5D,6D,7D,10D,11D. The number of imide groups is 1. The van der Waals surface area contributed by atoms with Crippen LogP contribution < -0.4 is 10.2 Å². The molecule has 234 valence electrons. The predicted octanol–water partition coefficient (Wildman–Crippen LogP) is 5.49. The van der Waals surface area contributed by atoms with Crippen LogP contribution in [0.5, 0.6) is 0 Å². The highest BCUT2D eigenvalue weighted by Crippen LogP contribution is 2.35. The van der Waals surface area contributed by atoms with E-state index < -0.39 is 72.1 Å². The average Bonchev–Trinajstić information content (AvgIpc) is 3.50. The lowest BCUT2D eigenvalue weighted by molar-refractivity contribution is -0.146. The zero-order chi connectivity index (χ0) is 35.9. The van der Waals surface area contributed by atoms with Gasteiger partial charge in [0.1, 0.15) is 17.3 Å². The minimum absolute atomic E-state index is 0.0179. The van der Waals surface area contributed by atoms with Crippen LogP contribution in [0, 0.1) is 5.92 Å². The number of piperidine rings is 1. The van der Waals surface area contributed by atoms with Crippen molar-refractivity contribution in [3.63, 3.8) is 0 Å². The van der Waals surface area contributed by atoms with Gasteiger partial charge in [-0.2, -0.15) is 10.00 Å². The second-order valence-corrected chi connectivity index (χ2v) is 11.9. The monoisotopic (exact) mass is 611 g/mol. The fourth-order valence-corrected chi connectivity index (χ4v) is 5.33. The molecule has 2 unspecified atom stereocenters. The van der Waals surface area contributed by atoms with Crippen molar-refractivity contribution in [3.05, 3.63) is 48.2 Å². The Labute approximate surface area is 262 Å². The van der Waals surface area contributed by atoms with E-state index in [9.17, 15) is 24.3 Å². The summed E-state index contributed by atoms with van der Waals surface area (Å²) in [6.07, 6.45) is 2.25. The van der Waals surface area contributed by atoms with E-state index in [0.717, 1.165) is 19.0 Å². The molecule has 2 aromatic heterocycles. The molecular weight excluding hydrogens is 568 g/mol. The Kier molecular flexibility index (Phi) is 7.13. The number of aromatic nitrogens is 3. The molecule has 44 heavy (non-hydrogen) atoms. The lowest BCUT2D eigenvalue weighted by Gasteiger charge is -2.38. The average molecular weight is 612 g/mol. The number of amides is 4. The van der Waals surface area contributed by atoms with Gasteiger partial charge >= 0.3 is 24.0 Å². The van der Waals surface area contributed by atoms with E-state index in [1.54, 1.807) is 20.8 Å². The van der Waals surface area contributed by atoms with Crippen molar-refractivity contribution in [1.82, 2.24) is 19.7 Å². The molecule has 2 aliphatic heterocycles. The van der Waals surface area contributed by atoms with Gasteiger partial charge in [-0.1, -0.05) is 37.1 Å². The quantitative estimate of drug-likeness (QED) is 0.364. The third-order valence-corrected chi connectivity index (χ3v) is 7.35. The number of hydrogen-bond donors (Lipinski definition) is 2. The lowest BCUT2D eigenvalue weighted by Crippen LogP contribution is -2.46. The first kappa shape index (κ1) is 24.9. The highest BCUT2D eigenvalue weighted by atomic mass is 16.6. The number of pyridine rings is 1. The largest absolute Gasteiger partial charge is 0.464 e. The third kappa shape index (κ3) is 6.67. The maximum atomic E-state index is 13.8. The second-order valence-electron chi connectivity index (χ2n) is 11.9. The van der Waals surface area contributed by atoms with Gasteiger partial charge in [-0.15, -0.1) is 0 Å². The first-order valence-corrected chi connectivity index (χ1v) is 14.4. The molecule has 3 atom stereocenters. The van der Waals surface area contributed by atoms with Crippen LogP contribution in [-0.2, 0) is 19.1 Å². The molecule has 4 heterocycles. The molecule has 1 aromatic carbocycles. The minimum Gasteiger partial charge on any atom is -0.464 e. The highest BCUT2D eigenvalue weighted by Gasteiger charge is 2.36. The summed E-state index contributed by atoms with van der Waals surface area (Å²) in [5, 5.41) is 17.1.